The van der Waals surface area contributed by atoms with Gasteiger partial charge in [-0.2, -0.15) is 0 Å². The maximum atomic E-state index is 11.1. The van der Waals surface area contributed by atoms with Crippen LogP contribution < -0.4 is 10.1 Å². The molecule has 1 heterocycles. The number of hydrogen-bond acceptors (Lipinski definition) is 3. The van der Waals surface area contributed by atoms with Crippen LogP contribution in [0.1, 0.15) is 46.8 Å². The molecule has 3 atom stereocenters. The van der Waals surface area contributed by atoms with E-state index >= 15 is 0 Å². The van der Waals surface area contributed by atoms with Crippen LogP contribution in [-0.4, -0.2) is 17.7 Å². The lowest BCUT2D eigenvalue weighted by atomic mass is 9.77. The number of para-hydroxylation sites is 1. The van der Waals surface area contributed by atoms with Gasteiger partial charge in [0.15, 0.2) is 0 Å². The molecule has 2 N–H and O–H groups in total. The molecular weight excluding hydrogens is 314 g/mol. The summed E-state index contributed by atoms with van der Waals surface area (Å²) >= 11 is 0. The number of hydrogen-bond donors (Lipinski definition) is 2. The number of nitrogens with one attached hydrogen (secondary N) is 1. The molecule has 0 fully saturated rings. The van der Waals surface area contributed by atoms with Crippen molar-refractivity contribution in [2.45, 2.75) is 25.3 Å². The maximum Gasteiger partial charge on any atom is 0.335 e. The lowest BCUT2D eigenvalue weighted by Crippen LogP contribution is -2.29. The summed E-state index contributed by atoms with van der Waals surface area (Å²) in [6.45, 7) is 2.61. The van der Waals surface area contributed by atoms with Gasteiger partial charge in [0.05, 0.1) is 23.9 Å². The molecule has 4 rings (SSSR count). The molecule has 1 aliphatic carbocycles. The van der Waals surface area contributed by atoms with E-state index < -0.39 is 5.97 Å². The predicted octanol–water partition coefficient (Wildman–Crippen LogP) is 4.61. The normalized spacial score (nSPS) is 23.5. The van der Waals surface area contributed by atoms with Crippen LogP contribution in [0.4, 0.5) is 5.69 Å². The van der Waals surface area contributed by atoms with Gasteiger partial charge in [-0.05, 0) is 48.6 Å². The second-order valence-corrected chi connectivity index (χ2v) is 6.56. The number of carboxylic acid groups (broad SMARTS) is 1. The van der Waals surface area contributed by atoms with E-state index in [2.05, 4.69) is 29.6 Å². The smallest absolute Gasteiger partial charge is 0.335 e. The van der Waals surface area contributed by atoms with Gasteiger partial charge in [-0.3, -0.25) is 0 Å². The van der Waals surface area contributed by atoms with E-state index in [0.29, 0.717) is 24.0 Å². The number of benzene rings is 2. The second-order valence-electron chi connectivity index (χ2n) is 6.56. The van der Waals surface area contributed by atoms with Crippen molar-refractivity contribution in [1.82, 2.24) is 0 Å². The number of ether oxygens (including phenoxy) is 1. The van der Waals surface area contributed by atoms with Crippen LogP contribution in [0.15, 0.2) is 54.6 Å². The van der Waals surface area contributed by atoms with Gasteiger partial charge in [0.2, 0.25) is 0 Å². The van der Waals surface area contributed by atoms with Crippen LogP contribution in [0.3, 0.4) is 0 Å². The van der Waals surface area contributed by atoms with Crippen molar-refractivity contribution >= 4 is 11.7 Å². The number of carbonyl (C=O) groups is 1. The molecule has 0 bridgehead atoms. The Morgan fingerprint density at radius 2 is 2.04 bits per heavy atom. The minimum Gasteiger partial charge on any atom is -0.492 e. The van der Waals surface area contributed by atoms with E-state index in [-0.39, 0.29) is 6.04 Å². The van der Waals surface area contributed by atoms with E-state index in [9.17, 15) is 4.79 Å². The van der Waals surface area contributed by atoms with Crippen molar-refractivity contribution in [3.63, 3.8) is 0 Å². The Kier molecular flexibility index (Phi) is 3.96. The zero-order valence-corrected chi connectivity index (χ0v) is 14.1. The minimum absolute atomic E-state index is 0.136. The molecular formula is C21H21NO3. The average molecular weight is 335 g/mol. The second kappa shape index (κ2) is 6.28. The summed E-state index contributed by atoms with van der Waals surface area (Å²) < 4.78 is 5.82. The monoisotopic (exact) mass is 335 g/mol. The highest BCUT2D eigenvalue weighted by Gasteiger charge is 2.38. The summed E-state index contributed by atoms with van der Waals surface area (Å²) in [5.74, 6) is 0.777. The Labute approximate surface area is 147 Å². The summed E-state index contributed by atoms with van der Waals surface area (Å²) in [4.78, 5) is 11.1. The third-order valence-corrected chi connectivity index (χ3v) is 5.18. The van der Waals surface area contributed by atoms with E-state index in [0.717, 1.165) is 23.4 Å². The number of carboxylic acids is 1. The first-order valence-electron chi connectivity index (χ1n) is 8.71. The fourth-order valence-electron chi connectivity index (χ4n) is 4.03. The zero-order chi connectivity index (χ0) is 17.4. The third kappa shape index (κ3) is 2.68. The van der Waals surface area contributed by atoms with Crippen LogP contribution in [0.5, 0.6) is 5.75 Å². The summed E-state index contributed by atoms with van der Waals surface area (Å²) in [7, 11) is 0. The molecule has 25 heavy (non-hydrogen) atoms. The van der Waals surface area contributed by atoms with Crippen molar-refractivity contribution in [2.75, 3.05) is 11.9 Å². The standard InChI is InChI=1S/C21H21NO3/c1-2-25-18-8-4-7-17-15-5-3-6-16(15)19(22-20(17)18)13-9-11-14(12-10-13)21(23)24/h3-5,7-12,15-16,19,22H,2,6H2,1H3,(H,23,24)/t15-,16+,19+/m1/s1. The van der Waals surface area contributed by atoms with E-state index in [4.69, 9.17) is 9.84 Å². The first-order valence-corrected chi connectivity index (χ1v) is 8.71. The fraction of sp³-hybridized carbons (Fsp3) is 0.286. The van der Waals surface area contributed by atoms with E-state index in [1.165, 1.54) is 5.56 Å². The van der Waals surface area contributed by atoms with Crippen LogP contribution in [0.25, 0.3) is 0 Å². The van der Waals surface area contributed by atoms with Crippen molar-refractivity contribution in [1.29, 1.82) is 0 Å². The molecule has 4 heteroatoms. The Balaban J connectivity index is 1.74. The van der Waals surface area contributed by atoms with Gasteiger partial charge in [0.1, 0.15) is 5.75 Å². The highest BCUT2D eigenvalue weighted by molar-refractivity contribution is 5.87. The molecule has 0 radical (unpaired) electrons. The molecule has 0 spiro atoms. The topological polar surface area (TPSA) is 58.6 Å². The van der Waals surface area contributed by atoms with Crippen molar-refractivity contribution in [2.24, 2.45) is 5.92 Å². The number of rotatable bonds is 4. The Bertz CT molecular complexity index is 826. The number of aromatic carboxylic acids is 1. The van der Waals surface area contributed by atoms with E-state index in [1.807, 2.05) is 25.1 Å². The first-order chi connectivity index (χ1) is 12.2. The lowest BCUT2D eigenvalue weighted by molar-refractivity contribution is 0.0697. The number of anilines is 1. The minimum atomic E-state index is -0.896. The lowest BCUT2D eigenvalue weighted by Gasteiger charge is -2.38. The van der Waals surface area contributed by atoms with Crippen LogP contribution in [-0.2, 0) is 0 Å². The van der Waals surface area contributed by atoms with Crippen LogP contribution in [0.2, 0.25) is 0 Å². The Hall–Kier alpha value is -2.75. The van der Waals surface area contributed by atoms with Crippen molar-refractivity contribution in [3.8, 4) is 5.75 Å². The van der Waals surface area contributed by atoms with Gasteiger partial charge in [0, 0.05) is 5.92 Å². The van der Waals surface area contributed by atoms with Crippen molar-refractivity contribution in [3.05, 3.63) is 71.3 Å². The van der Waals surface area contributed by atoms with Gasteiger partial charge < -0.3 is 15.2 Å². The molecule has 2 aliphatic rings. The summed E-state index contributed by atoms with van der Waals surface area (Å²) in [6, 6.07) is 13.6. The quantitative estimate of drug-likeness (QED) is 0.801. The van der Waals surface area contributed by atoms with Gasteiger partial charge in [-0.25, -0.2) is 4.79 Å². The SMILES string of the molecule is CCOc1cccc2c1N[C@@H](c1ccc(C(=O)O)cc1)[C@H]1CC=C[C@@H]21. The summed E-state index contributed by atoms with van der Waals surface area (Å²) in [5, 5.41) is 12.8. The molecule has 4 nitrogen and oxygen atoms in total. The van der Waals surface area contributed by atoms with Crippen LogP contribution in [0, 0.1) is 5.92 Å². The van der Waals surface area contributed by atoms with Gasteiger partial charge >= 0.3 is 5.97 Å². The van der Waals surface area contributed by atoms with Crippen LogP contribution >= 0.6 is 0 Å². The third-order valence-electron chi connectivity index (χ3n) is 5.18. The maximum absolute atomic E-state index is 11.1. The number of allylic oxidation sites excluding steroid dienone is 2. The molecule has 128 valence electrons. The Morgan fingerprint density at radius 1 is 1.24 bits per heavy atom. The number of fused-ring (bicyclic) bond motifs is 3. The molecule has 0 amide bonds. The molecule has 0 unspecified atom stereocenters. The van der Waals surface area contributed by atoms with E-state index in [1.54, 1.807) is 12.1 Å². The predicted molar refractivity (Wildman–Crippen MR) is 97.4 cm³/mol. The largest absolute Gasteiger partial charge is 0.492 e. The summed E-state index contributed by atoms with van der Waals surface area (Å²) in [5.41, 5.74) is 3.77. The molecule has 2 aromatic carbocycles. The average Bonchev–Trinajstić information content (AvgIpc) is 3.12. The van der Waals surface area contributed by atoms with Gasteiger partial charge in [0.25, 0.3) is 0 Å². The highest BCUT2D eigenvalue weighted by Crippen LogP contribution is 2.52. The molecule has 0 saturated heterocycles. The van der Waals surface area contributed by atoms with Crippen molar-refractivity contribution < 1.29 is 14.6 Å². The summed E-state index contributed by atoms with van der Waals surface area (Å²) in [6.07, 6.45) is 5.55. The van der Waals surface area contributed by atoms with Gasteiger partial charge in [-0.15, -0.1) is 0 Å². The molecule has 1 aliphatic heterocycles. The molecule has 0 aromatic heterocycles. The molecule has 2 aromatic rings. The fourth-order valence-corrected chi connectivity index (χ4v) is 4.03. The Morgan fingerprint density at radius 3 is 2.76 bits per heavy atom. The van der Waals surface area contributed by atoms with Gasteiger partial charge in [-0.1, -0.05) is 36.4 Å². The zero-order valence-electron chi connectivity index (χ0n) is 14.1. The molecule has 0 saturated carbocycles. The first kappa shape index (κ1) is 15.8. The highest BCUT2D eigenvalue weighted by atomic mass is 16.5.